The lowest BCUT2D eigenvalue weighted by Gasteiger charge is -2.13. The van der Waals surface area contributed by atoms with Gasteiger partial charge in [0.1, 0.15) is 5.75 Å². The predicted octanol–water partition coefficient (Wildman–Crippen LogP) is 3.60. The number of carbonyl (C=O) groups excluding carboxylic acids is 1. The lowest BCUT2D eigenvalue weighted by atomic mass is 10.2. The lowest BCUT2D eigenvalue weighted by molar-refractivity contribution is 0.0977. The van der Waals surface area contributed by atoms with E-state index in [2.05, 4.69) is 26.6 Å². The molecule has 0 aliphatic carbocycles. The number of anilines is 1. The molecule has 0 unspecified atom stereocenters. The highest BCUT2D eigenvalue weighted by Crippen LogP contribution is 2.29. The number of carbonyl (C=O) groups is 1. The average Bonchev–Trinajstić information content (AvgIpc) is 2.61. The Hall–Kier alpha value is -2.32. The molecule has 0 aromatic heterocycles. The highest BCUT2D eigenvalue weighted by molar-refractivity contribution is 9.10. The number of ether oxygens (including phenoxy) is 3. The molecule has 2 aromatic carbocycles. The van der Waals surface area contributed by atoms with Crippen molar-refractivity contribution in [3.63, 3.8) is 0 Å². The molecule has 2 N–H and O–H groups in total. The molecule has 25 heavy (non-hydrogen) atoms. The number of methoxy groups -OCH3 is 3. The van der Waals surface area contributed by atoms with Gasteiger partial charge in [0.05, 0.1) is 25.8 Å². The summed E-state index contributed by atoms with van der Waals surface area (Å²) in [7, 11) is 4.66. The third-order valence-electron chi connectivity index (χ3n) is 3.28. The van der Waals surface area contributed by atoms with Gasteiger partial charge in [0.15, 0.2) is 16.6 Å². The Morgan fingerprint density at radius 3 is 2.20 bits per heavy atom. The molecule has 0 radical (unpaired) electrons. The molecule has 0 saturated carbocycles. The highest BCUT2D eigenvalue weighted by atomic mass is 79.9. The minimum absolute atomic E-state index is 0.171. The molecule has 0 fully saturated rings. The van der Waals surface area contributed by atoms with E-state index in [-0.39, 0.29) is 11.0 Å². The van der Waals surface area contributed by atoms with Crippen molar-refractivity contribution in [2.24, 2.45) is 0 Å². The van der Waals surface area contributed by atoms with Crippen molar-refractivity contribution in [3.8, 4) is 17.2 Å². The maximum atomic E-state index is 12.3. The topological polar surface area (TPSA) is 68.8 Å². The Morgan fingerprint density at radius 2 is 1.60 bits per heavy atom. The molecule has 0 saturated heterocycles. The summed E-state index contributed by atoms with van der Waals surface area (Å²) in [6, 6.07) is 10.2. The molecule has 0 atom stereocenters. The number of amides is 1. The minimum Gasteiger partial charge on any atom is -0.496 e. The maximum absolute atomic E-state index is 12.3. The highest BCUT2D eigenvalue weighted by Gasteiger charge is 2.11. The first-order chi connectivity index (χ1) is 12.0. The second kappa shape index (κ2) is 8.68. The molecule has 0 heterocycles. The summed E-state index contributed by atoms with van der Waals surface area (Å²) in [6.07, 6.45) is 0. The maximum Gasteiger partial charge on any atom is 0.257 e. The number of hydrogen-bond acceptors (Lipinski definition) is 5. The van der Waals surface area contributed by atoms with Gasteiger partial charge in [-0.3, -0.25) is 10.1 Å². The van der Waals surface area contributed by atoms with Gasteiger partial charge in [-0.25, -0.2) is 0 Å². The Balaban J connectivity index is 2.04. The van der Waals surface area contributed by atoms with Gasteiger partial charge >= 0.3 is 0 Å². The third kappa shape index (κ3) is 4.83. The number of halogens is 1. The molecule has 0 aliphatic heterocycles. The van der Waals surface area contributed by atoms with Crippen molar-refractivity contribution >= 4 is 44.9 Å². The fourth-order valence-electron chi connectivity index (χ4n) is 2.06. The Bertz CT molecular complexity index is 798. The Morgan fingerprint density at radius 1 is 0.960 bits per heavy atom. The summed E-state index contributed by atoms with van der Waals surface area (Å²) in [5.41, 5.74) is 1.11. The SMILES string of the molecule is COc1ccc(C(=O)NC(=S)Nc2ccc(OC)c(OC)c2)cc1Br. The molecule has 2 aromatic rings. The van der Waals surface area contributed by atoms with Crippen molar-refractivity contribution in [2.45, 2.75) is 0 Å². The summed E-state index contributed by atoms with van der Waals surface area (Å²) >= 11 is 8.53. The molecule has 2 rings (SSSR count). The number of benzene rings is 2. The largest absolute Gasteiger partial charge is 0.496 e. The van der Waals surface area contributed by atoms with E-state index in [0.717, 1.165) is 0 Å². The smallest absolute Gasteiger partial charge is 0.257 e. The normalized spacial score (nSPS) is 9.92. The van der Waals surface area contributed by atoms with Crippen LogP contribution in [0, 0.1) is 0 Å². The zero-order chi connectivity index (χ0) is 18.4. The van der Waals surface area contributed by atoms with Gasteiger partial charge in [-0.15, -0.1) is 0 Å². The second-order valence-electron chi connectivity index (χ2n) is 4.83. The minimum atomic E-state index is -0.332. The van der Waals surface area contributed by atoms with Gasteiger partial charge in [0.2, 0.25) is 0 Å². The van der Waals surface area contributed by atoms with Crippen LogP contribution in [0.15, 0.2) is 40.9 Å². The van der Waals surface area contributed by atoms with Crippen LogP contribution in [0.25, 0.3) is 0 Å². The van der Waals surface area contributed by atoms with E-state index < -0.39 is 0 Å². The van der Waals surface area contributed by atoms with E-state index in [1.54, 1.807) is 57.7 Å². The Labute approximate surface area is 159 Å². The van der Waals surface area contributed by atoms with Gasteiger partial charge in [-0.1, -0.05) is 0 Å². The van der Waals surface area contributed by atoms with E-state index in [1.807, 2.05) is 0 Å². The van der Waals surface area contributed by atoms with Crippen LogP contribution in [0.2, 0.25) is 0 Å². The first-order valence-corrected chi connectivity index (χ1v) is 8.36. The van der Waals surface area contributed by atoms with E-state index in [9.17, 15) is 4.79 Å². The first-order valence-electron chi connectivity index (χ1n) is 7.16. The van der Waals surface area contributed by atoms with Crippen LogP contribution in [0.1, 0.15) is 10.4 Å². The van der Waals surface area contributed by atoms with Gasteiger partial charge in [-0.05, 0) is 58.5 Å². The molecular formula is C17H17BrN2O4S. The van der Waals surface area contributed by atoms with Crippen molar-refractivity contribution in [3.05, 3.63) is 46.4 Å². The second-order valence-corrected chi connectivity index (χ2v) is 6.09. The summed E-state index contributed by atoms with van der Waals surface area (Å²) < 4.78 is 16.2. The van der Waals surface area contributed by atoms with Crippen LogP contribution in [0.3, 0.4) is 0 Å². The number of nitrogens with one attached hydrogen (secondary N) is 2. The van der Waals surface area contributed by atoms with Crippen LogP contribution in [-0.4, -0.2) is 32.3 Å². The van der Waals surface area contributed by atoms with Crippen molar-refractivity contribution in [1.29, 1.82) is 0 Å². The summed E-state index contributed by atoms with van der Waals surface area (Å²) in [6.45, 7) is 0. The fraction of sp³-hybridized carbons (Fsp3) is 0.176. The molecule has 8 heteroatoms. The zero-order valence-electron chi connectivity index (χ0n) is 13.9. The van der Waals surface area contributed by atoms with Gasteiger partial charge < -0.3 is 19.5 Å². The Kier molecular flexibility index (Phi) is 6.60. The number of rotatable bonds is 5. The number of thiocarbonyl (C=S) groups is 1. The summed E-state index contributed by atoms with van der Waals surface area (Å²) in [5, 5.41) is 5.73. The van der Waals surface area contributed by atoms with E-state index in [1.165, 1.54) is 0 Å². The van der Waals surface area contributed by atoms with Gasteiger partial charge in [0, 0.05) is 17.3 Å². The number of hydrogen-bond donors (Lipinski definition) is 2. The van der Waals surface area contributed by atoms with Crippen molar-refractivity contribution in [1.82, 2.24) is 5.32 Å². The summed E-state index contributed by atoms with van der Waals surface area (Å²) in [4.78, 5) is 12.3. The molecule has 0 bridgehead atoms. The van der Waals surface area contributed by atoms with E-state index in [4.69, 9.17) is 26.4 Å². The van der Waals surface area contributed by atoms with Crippen LogP contribution in [0.4, 0.5) is 5.69 Å². The molecule has 132 valence electrons. The fourth-order valence-corrected chi connectivity index (χ4v) is 2.81. The molecule has 0 spiro atoms. The van der Waals surface area contributed by atoms with Crippen molar-refractivity contribution in [2.75, 3.05) is 26.6 Å². The quantitative estimate of drug-likeness (QED) is 0.714. The summed E-state index contributed by atoms with van der Waals surface area (Å²) in [5.74, 6) is 1.47. The van der Waals surface area contributed by atoms with Crippen molar-refractivity contribution < 1.29 is 19.0 Å². The standard InChI is InChI=1S/C17H17BrN2O4S/c1-22-13-6-4-10(8-12(13)18)16(21)20-17(25)19-11-5-7-14(23-2)15(9-11)24-3/h4-9H,1-3H3,(H2,19,20,21,25). The monoisotopic (exact) mass is 424 g/mol. The third-order valence-corrected chi connectivity index (χ3v) is 4.11. The first kappa shape index (κ1) is 19.0. The van der Waals surface area contributed by atoms with Gasteiger partial charge in [0.25, 0.3) is 5.91 Å². The van der Waals surface area contributed by atoms with Crippen LogP contribution >= 0.6 is 28.1 Å². The molecule has 6 nitrogen and oxygen atoms in total. The van der Waals surface area contributed by atoms with Gasteiger partial charge in [-0.2, -0.15) is 0 Å². The van der Waals surface area contributed by atoms with E-state index in [0.29, 0.717) is 33.0 Å². The molecule has 0 aliphatic rings. The lowest BCUT2D eigenvalue weighted by Crippen LogP contribution is -2.34. The zero-order valence-corrected chi connectivity index (χ0v) is 16.3. The molecular weight excluding hydrogens is 408 g/mol. The molecule has 1 amide bonds. The van der Waals surface area contributed by atoms with Crippen LogP contribution < -0.4 is 24.8 Å². The average molecular weight is 425 g/mol. The predicted molar refractivity (Wildman–Crippen MR) is 104 cm³/mol. The van der Waals surface area contributed by atoms with Crippen LogP contribution in [0.5, 0.6) is 17.2 Å². The van der Waals surface area contributed by atoms with E-state index >= 15 is 0 Å². The van der Waals surface area contributed by atoms with Crippen LogP contribution in [-0.2, 0) is 0 Å².